The molecule has 1 nitrogen and oxygen atoms in total. The van der Waals surface area contributed by atoms with Gasteiger partial charge in [-0.15, -0.1) is 6.42 Å². The van der Waals surface area contributed by atoms with Crippen LogP contribution in [-0.2, 0) is 0 Å². The fourth-order valence-corrected chi connectivity index (χ4v) is 2.42. The van der Waals surface area contributed by atoms with Crippen LogP contribution in [0.25, 0.3) is 22.3 Å². The lowest BCUT2D eigenvalue weighted by molar-refractivity contribution is 0.372. The zero-order chi connectivity index (χ0) is 15.2. The molecular weight excluding hydrogens is 268 g/mol. The van der Waals surface area contributed by atoms with E-state index in [4.69, 9.17) is 11.2 Å². The summed E-state index contributed by atoms with van der Waals surface area (Å²) in [6.07, 6.45) is 5.27. The molecule has 0 spiro atoms. The van der Waals surface area contributed by atoms with Crippen LogP contribution in [0.1, 0.15) is 0 Å². The number of rotatable bonds is 4. The second kappa shape index (κ2) is 6.65. The second-order valence-corrected chi connectivity index (χ2v) is 4.93. The third kappa shape index (κ3) is 3.02. The fraction of sp³-hybridized carbons (Fsp3) is 0.0476. The number of para-hydroxylation sites is 1. The highest BCUT2D eigenvalue weighted by Gasteiger charge is 2.06. The maximum absolute atomic E-state index is 5.62. The Morgan fingerprint density at radius 2 is 1.27 bits per heavy atom. The van der Waals surface area contributed by atoms with Gasteiger partial charge in [-0.2, -0.15) is 0 Å². The number of hydrogen-bond acceptors (Lipinski definition) is 1. The minimum Gasteiger partial charge on any atom is -0.480 e. The van der Waals surface area contributed by atoms with Gasteiger partial charge in [0.15, 0.2) is 0 Å². The minimum atomic E-state index is 0.277. The molecule has 106 valence electrons. The Hall–Kier alpha value is -2.98. The summed E-state index contributed by atoms with van der Waals surface area (Å²) < 4.78 is 5.62. The van der Waals surface area contributed by atoms with Gasteiger partial charge < -0.3 is 4.74 Å². The molecule has 0 fully saturated rings. The number of ether oxygens (including phenoxy) is 1. The van der Waals surface area contributed by atoms with E-state index in [-0.39, 0.29) is 6.61 Å². The minimum absolute atomic E-state index is 0.277. The molecule has 0 aliphatic heterocycles. The van der Waals surface area contributed by atoms with Gasteiger partial charge in [0, 0.05) is 5.56 Å². The van der Waals surface area contributed by atoms with Crippen LogP contribution in [-0.4, -0.2) is 6.61 Å². The number of terminal acetylenes is 1. The van der Waals surface area contributed by atoms with Gasteiger partial charge in [0.25, 0.3) is 0 Å². The van der Waals surface area contributed by atoms with E-state index >= 15 is 0 Å². The average molecular weight is 284 g/mol. The lowest BCUT2D eigenvalue weighted by atomic mass is 10.00. The highest BCUT2D eigenvalue weighted by molar-refractivity contribution is 5.74. The van der Waals surface area contributed by atoms with Crippen molar-refractivity contribution in [2.45, 2.75) is 0 Å². The largest absolute Gasteiger partial charge is 0.480 e. The van der Waals surface area contributed by atoms with Crippen molar-refractivity contribution >= 4 is 0 Å². The molecule has 0 saturated carbocycles. The SMILES string of the molecule is C#CCOc1ccccc1-c1ccc(-c2ccccc2)cc1. The van der Waals surface area contributed by atoms with E-state index in [1.165, 1.54) is 11.1 Å². The Morgan fingerprint density at radius 3 is 2.00 bits per heavy atom. The predicted molar refractivity (Wildman–Crippen MR) is 91.6 cm³/mol. The van der Waals surface area contributed by atoms with Crippen molar-refractivity contribution < 1.29 is 4.74 Å². The zero-order valence-corrected chi connectivity index (χ0v) is 12.2. The maximum Gasteiger partial charge on any atom is 0.148 e. The third-order valence-electron chi connectivity index (χ3n) is 3.50. The molecule has 1 heteroatoms. The predicted octanol–water partition coefficient (Wildman–Crippen LogP) is 5.03. The van der Waals surface area contributed by atoms with Crippen molar-refractivity contribution in [3.8, 4) is 40.3 Å². The molecule has 0 unspecified atom stereocenters. The molecule has 0 aliphatic rings. The molecule has 3 aromatic rings. The Labute approximate surface area is 131 Å². The molecule has 0 saturated heterocycles. The van der Waals surface area contributed by atoms with Crippen molar-refractivity contribution in [1.82, 2.24) is 0 Å². The van der Waals surface area contributed by atoms with E-state index < -0.39 is 0 Å². The summed E-state index contributed by atoms with van der Waals surface area (Å²) in [5, 5.41) is 0. The fourth-order valence-electron chi connectivity index (χ4n) is 2.42. The van der Waals surface area contributed by atoms with E-state index in [1.807, 2.05) is 42.5 Å². The highest BCUT2D eigenvalue weighted by atomic mass is 16.5. The summed E-state index contributed by atoms with van der Waals surface area (Å²) in [6.45, 7) is 0.277. The molecule has 3 rings (SSSR count). The van der Waals surface area contributed by atoms with Crippen molar-refractivity contribution in [3.05, 3.63) is 78.9 Å². The average Bonchev–Trinajstić information content (AvgIpc) is 2.61. The summed E-state index contributed by atoms with van der Waals surface area (Å²) in [5.41, 5.74) is 4.59. The van der Waals surface area contributed by atoms with Gasteiger partial charge in [0.1, 0.15) is 12.4 Å². The van der Waals surface area contributed by atoms with Gasteiger partial charge in [-0.25, -0.2) is 0 Å². The van der Waals surface area contributed by atoms with Gasteiger partial charge in [-0.1, -0.05) is 78.7 Å². The molecular formula is C21H16O. The first-order valence-electron chi connectivity index (χ1n) is 7.19. The summed E-state index contributed by atoms with van der Waals surface area (Å²) >= 11 is 0. The first-order valence-corrected chi connectivity index (χ1v) is 7.19. The van der Waals surface area contributed by atoms with Gasteiger partial charge in [-0.05, 0) is 22.8 Å². The molecule has 0 radical (unpaired) electrons. The van der Waals surface area contributed by atoms with E-state index in [0.717, 1.165) is 16.9 Å². The Balaban J connectivity index is 1.92. The lowest BCUT2D eigenvalue weighted by Crippen LogP contribution is -1.95. The van der Waals surface area contributed by atoms with Crippen molar-refractivity contribution in [3.63, 3.8) is 0 Å². The van der Waals surface area contributed by atoms with Crippen molar-refractivity contribution in [2.75, 3.05) is 6.61 Å². The van der Waals surface area contributed by atoms with E-state index in [9.17, 15) is 0 Å². The molecule has 0 bridgehead atoms. The van der Waals surface area contributed by atoms with Crippen LogP contribution < -0.4 is 4.74 Å². The summed E-state index contributed by atoms with van der Waals surface area (Å²) in [6, 6.07) is 26.8. The van der Waals surface area contributed by atoms with E-state index in [1.54, 1.807) is 0 Å². The van der Waals surface area contributed by atoms with Crippen LogP contribution in [0.5, 0.6) is 5.75 Å². The molecule has 0 heterocycles. The van der Waals surface area contributed by atoms with Crippen LogP contribution in [0.2, 0.25) is 0 Å². The molecule has 3 aromatic carbocycles. The van der Waals surface area contributed by atoms with Gasteiger partial charge in [-0.3, -0.25) is 0 Å². The summed E-state index contributed by atoms with van der Waals surface area (Å²) in [5.74, 6) is 3.32. The first-order chi connectivity index (χ1) is 10.9. The Morgan fingerprint density at radius 1 is 0.682 bits per heavy atom. The lowest BCUT2D eigenvalue weighted by Gasteiger charge is -2.10. The summed E-state index contributed by atoms with van der Waals surface area (Å²) in [7, 11) is 0. The number of hydrogen-bond donors (Lipinski definition) is 0. The molecule has 0 aromatic heterocycles. The van der Waals surface area contributed by atoms with Crippen molar-refractivity contribution in [1.29, 1.82) is 0 Å². The number of benzene rings is 3. The zero-order valence-electron chi connectivity index (χ0n) is 12.2. The molecule has 22 heavy (non-hydrogen) atoms. The molecule has 0 N–H and O–H groups in total. The van der Waals surface area contributed by atoms with Crippen LogP contribution in [0, 0.1) is 12.3 Å². The normalized spacial score (nSPS) is 9.95. The van der Waals surface area contributed by atoms with Gasteiger partial charge in [0.05, 0.1) is 0 Å². The van der Waals surface area contributed by atoms with Crippen LogP contribution in [0.3, 0.4) is 0 Å². The second-order valence-electron chi connectivity index (χ2n) is 4.93. The van der Waals surface area contributed by atoms with Gasteiger partial charge in [0.2, 0.25) is 0 Å². The molecule has 0 amide bonds. The topological polar surface area (TPSA) is 9.23 Å². The van der Waals surface area contributed by atoms with E-state index in [2.05, 4.69) is 42.3 Å². The smallest absolute Gasteiger partial charge is 0.148 e. The summed E-state index contributed by atoms with van der Waals surface area (Å²) in [4.78, 5) is 0. The Kier molecular flexibility index (Phi) is 4.22. The van der Waals surface area contributed by atoms with Crippen LogP contribution >= 0.6 is 0 Å². The molecule has 0 atom stereocenters. The Bertz CT molecular complexity index is 780. The monoisotopic (exact) mass is 284 g/mol. The van der Waals surface area contributed by atoms with Crippen LogP contribution in [0.4, 0.5) is 0 Å². The third-order valence-corrected chi connectivity index (χ3v) is 3.50. The van der Waals surface area contributed by atoms with Gasteiger partial charge >= 0.3 is 0 Å². The highest BCUT2D eigenvalue weighted by Crippen LogP contribution is 2.31. The van der Waals surface area contributed by atoms with E-state index in [0.29, 0.717) is 0 Å². The molecule has 0 aliphatic carbocycles. The van der Waals surface area contributed by atoms with Crippen molar-refractivity contribution in [2.24, 2.45) is 0 Å². The standard InChI is InChI=1S/C21H16O/c1-2-16-22-21-11-7-6-10-20(21)19-14-12-18(13-15-19)17-8-4-3-5-9-17/h1,3-15H,16H2. The first kappa shape index (κ1) is 14.0. The quantitative estimate of drug-likeness (QED) is 0.610. The van der Waals surface area contributed by atoms with Crippen LogP contribution in [0.15, 0.2) is 78.9 Å². The maximum atomic E-state index is 5.62.